The zero-order chi connectivity index (χ0) is 21.8. The van der Waals surface area contributed by atoms with E-state index in [0.29, 0.717) is 13.1 Å². The molecule has 0 unspecified atom stereocenters. The molecule has 0 bridgehead atoms. The summed E-state index contributed by atoms with van der Waals surface area (Å²) in [6.45, 7) is 5.76. The SMILES string of the molecule is Cc1ccc(C(=O)N2CCC[C@H]2Cn2cc(C(=O)NCc3ccccc3)nn2)cc1C. The highest BCUT2D eigenvalue weighted by atomic mass is 16.2. The lowest BCUT2D eigenvalue weighted by molar-refractivity contribution is 0.0720. The number of rotatable bonds is 6. The lowest BCUT2D eigenvalue weighted by Gasteiger charge is -2.25. The number of carbonyl (C=O) groups is 2. The molecule has 1 aliphatic heterocycles. The second kappa shape index (κ2) is 9.12. The van der Waals surface area contributed by atoms with Crippen molar-refractivity contribution in [3.05, 3.63) is 82.7 Å². The van der Waals surface area contributed by atoms with Gasteiger partial charge in [0.05, 0.1) is 18.8 Å². The van der Waals surface area contributed by atoms with Crippen LogP contribution in [0, 0.1) is 13.8 Å². The van der Waals surface area contributed by atoms with E-state index in [0.717, 1.165) is 36.1 Å². The van der Waals surface area contributed by atoms with Crippen molar-refractivity contribution in [3.63, 3.8) is 0 Å². The first kappa shape index (κ1) is 20.8. The number of nitrogens with one attached hydrogen (secondary N) is 1. The molecule has 1 N–H and O–H groups in total. The topological polar surface area (TPSA) is 80.1 Å². The predicted molar refractivity (Wildman–Crippen MR) is 118 cm³/mol. The molecule has 3 aromatic rings. The third-order valence-corrected chi connectivity index (χ3v) is 5.86. The molecule has 0 aliphatic carbocycles. The van der Waals surface area contributed by atoms with Crippen molar-refractivity contribution < 1.29 is 9.59 Å². The van der Waals surface area contributed by atoms with E-state index < -0.39 is 0 Å². The largest absolute Gasteiger partial charge is 0.347 e. The van der Waals surface area contributed by atoms with Crippen LogP contribution in [-0.2, 0) is 13.1 Å². The van der Waals surface area contributed by atoms with Crippen molar-refractivity contribution in [2.75, 3.05) is 6.54 Å². The van der Waals surface area contributed by atoms with Crippen molar-refractivity contribution in [1.29, 1.82) is 0 Å². The third-order valence-electron chi connectivity index (χ3n) is 5.86. The van der Waals surface area contributed by atoms with E-state index in [4.69, 9.17) is 0 Å². The molecule has 2 heterocycles. The highest BCUT2D eigenvalue weighted by molar-refractivity contribution is 5.95. The zero-order valence-electron chi connectivity index (χ0n) is 17.9. The van der Waals surface area contributed by atoms with Crippen LogP contribution in [0.5, 0.6) is 0 Å². The molecule has 1 fully saturated rings. The highest BCUT2D eigenvalue weighted by Gasteiger charge is 2.30. The molecule has 4 rings (SSSR count). The standard InChI is InChI=1S/C24H27N5O2/c1-17-10-11-20(13-18(17)2)24(31)29-12-6-9-21(29)15-28-16-22(26-27-28)23(30)25-14-19-7-4-3-5-8-19/h3-5,7-8,10-11,13,16,21H,6,9,12,14-15H2,1-2H3,(H,25,30)/t21-/m0/s1. The van der Waals surface area contributed by atoms with Crippen LogP contribution in [0.25, 0.3) is 0 Å². The van der Waals surface area contributed by atoms with Gasteiger partial charge in [0, 0.05) is 18.7 Å². The van der Waals surface area contributed by atoms with Gasteiger partial charge in [0.1, 0.15) is 0 Å². The Labute approximate surface area is 182 Å². The molecule has 0 saturated carbocycles. The maximum Gasteiger partial charge on any atom is 0.273 e. The van der Waals surface area contributed by atoms with Crippen LogP contribution < -0.4 is 5.32 Å². The molecule has 7 heteroatoms. The minimum Gasteiger partial charge on any atom is -0.347 e. The molecule has 1 aromatic heterocycles. The first-order chi connectivity index (χ1) is 15.0. The maximum atomic E-state index is 13.1. The normalized spacial score (nSPS) is 15.8. The van der Waals surface area contributed by atoms with Gasteiger partial charge in [0.25, 0.3) is 11.8 Å². The molecule has 1 atom stereocenters. The van der Waals surface area contributed by atoms with Gasteiger partial charge in [0.15, 0.2) is 5.69 Å². The molecule has 0 spiro atoms. The summed E-state index contributed by atoms with van der Waals surface area (Å²) in [4.78, 5) is 27.4. The van der Waals surface area contributed by atoms with Gasteiger partial charge in [0.2, 0.25) is 0 Å². The monoisotopic (exact) mass is 417 g/mol. The number of aryl methyl sites for hydroxylation is 2. The fourth-order valence-corrected chi connectivity index (χ4v) is 3.91. The molecule has 2 amide bonds. The van der Waals surface area contributed by atoms with E-state index in [1.807, 2.05) is 67.3 Å². The summed E-state index contributed by atoms with van der Waals surface area (Å²) in [7, 11) is 0. The van der Waals surface area contributed by atoms with Crippen LogP contribution in [0.2, 0.25) is 0 Å². The van der Waals surface area contributed by atoms with Crippen molar-refractivity contribution in [2.45, 2.75) is 45.8 Å². The van der Waals surface area contributed by atoms with Crippen LogP contribution in [-0.4, -0.2) is 44.3 Å². The number of hydrogen-bond donors (Lipinski definition) is 1. The van der Waals surface area contributed by atoms with Gasteiger partial charge in [-0.25, -0.2) is 4.68 Å². The van der Waals surface area contributed by atoms with E-state index in [1.54, 1.807) is 10.9 Å². The van der Waals surface area contributed by atoms with Gasteiger partial charge >= 0.3 is 0 Å². The fourth-order valence-electron chi connectivity index (χ4n) is 3.91. The van der Waals surface area contributed by atoms with Crippen LogP contribution in [0.1, 0.15) is 50.4 Å². The summed E-state index contributed by atoms with van der Waals surface area (Å²) in [5.74, 6) is -0.212. The maximum absolute atomic E-state index is 13.1. The minimum atomic E-state index is -0.260. The molecule has 31 heavy (non-hydrogen) atoms. The Kier molecular flexibility index (Phi) is 6.11. The summed E-state index contributed by atoms with van der Waals surface area (Å²) in [6, 6.07) is 15.6. The Balaban J connectivity index is 1.38. The quantitative estimate of drug-likeness (QED) is 0.668. The van der Waals surface area contributed by atoms with Crippen LogP contribution in [0.4, 0.5) is 0 Å². The third kappa shape index (κ3) is 4.82. The lowest BCUT2D eigenvalue weighted by atomic mass is 10.1. The van der Waals surface area contributed by atoms with Gasteiger partial charge in [-0.2, -0.15) is 0 Å². The highest BCUT2D eigenvalue weighted by Crippen LogP contribution is 2.22. The Bertz CT molecular complexity index is 1080. The number of aromatic nitrogens is 3. The van der Waals surface area contributed by atoms with Gasteiger partial charge in [-0.3, -0.25) is 9.59 Å². The van der Waals surface area contributed by atoms with Crippen molar-refractivity contribution in [2.24, 2.45) is 0 Å². The van der Waals surface area contributed by atoms with Gasteiger partial charge in [-0.05, 0) is 55.5 Å². The predicted octanol–water partition coefficient (Wildman–Crippen LogP) is 3.13. The molecule has 160 valence electrons. The summed E-state index contributed by atoms with van der Waals surface area (Å²) >= 11 is 0. The molecule has 7 nitrogen and oxygen atoms in total. The Morgan fingerprint density at radius 3 is 2.68 bits per heavy atom. The summed E-state index contributed by atoms with van der Waals surface area (Å²) in [5.41, 5.74) is 4.31. The van der Waals surface area contributed by atoms with Crippen molar-refractivity contribution >= 4 is 11.8 Å². The van der Waals surface area contributed by atoms with Crippen LogP contribution in [0.15, 0.2) is 54.7 Å². The van der Waals surface area contributed by atoms with Crippen molar-refractivity contribution in [3.8, 4) is 0 Å². The minimum absolute atomic E-state index is 0.0380. The van der Waals surface area contributed by atoms with Crippen LogP contribution in [0.3, 0.4) is 0 Å². The van der Waals surface area contributed by atoms with Crippen molar-refractivity contribution in [1.82, 2.24) is 25.2 Å². The molecule has 1 saturated heterocycles. The van der Waals surface area contributed by atoms with E-state index in [1.165, 1.54) is 5.56 Å². The van der Waals surface area contributed by atoms with E-state index in [9.17, 15) is 9.59 Å². The number of benzene rings is 2. The average Bonchev–Trinajstić information content (AvgIpc) is 3.44. The second-order valence-corrected chi connectivity index (χ2v) is 8.09. The van der Waals surface area contributed by atoms with Gasteiger partial charge in [-0.15, -0.1) is 5.10 Å². The Morgan fingerprint density at radius 1 is 1.10 bits per heavy atom. The first-order valence-corrected chi connectivity index (χ1v) is 10.6. The molecular formula is C24H27N5O2. The Morgan fingerprint density at radius 2 is 1.90 bits per heavy atom. The fraction of sp³-hybridized carbons (Fsp3) is 0.333. The average molecular weight is 418 g/mol. The molecule has 1 aliphatic rings. The molecular weight excluding hydrogens is 390 g/mol. The van der Waals surface area contributed by atoms with E-state index in [-0.39, 0.29) is 23.6 Å². The summed E-state index contributed by atoms with van der Waals surface area (Å²) in [5, 5.41) is 11.0. The lowest BCUT2D eigenvalue weighted by Crippen LogP contribution is -2.38. The number of hydrogen-bond acceptors (Lipinski definition) is 4. The smallest absolute Gasteiger partial charge is 0.273 e. The molecule has 0 radical (unpaired) electrons. The summed E-state index contributed by atoms with van der Waals surface area (Å²) < 4.78 is 1.66. The number of carbonyl (C=O) groups excluding carboxylic acids is 2. The number of nitrogens with zero attached hydrogens (tertiary/aromatic N) is 4. The second-order valence-electron chi connectivity index (χ2n) is 8.09. The van der Waals surface area contributed by atoms with E-state index in [2.05, 4.69) is 15.6 Å². The number of likely N-dealkylation sites (tertiary alicyclic amines) is 1. The summed E-state index contributed by atoms with van der Waals surface area (Å²) in [6.07, 6.45) is 3.52. The van der Waals surface area contributed by atoms with Crippen LogP contribution >= 0.6 is 0 Å². The Hall–Kier alpha value is -3.48. The van der Waals surface area contributed by atoms with Gasteiger partial charge in [-0.1, -0.05) is 41.6 Å². The number of amides is 2. The first-order valence-electron chi connectivity index (χ1n) is 10.6. The molecule has 2 aromatic carbocycles. The zero-order valence-corrected chi connectivity index (χ0v) is 17.9. The van der Waals surface area contributed by atoms with Gasteiger partial charge < -0.3 is 10.2 Å². The van der Waals surface area contributed by atoms with E-state index >= 15 is 0 Å².